The SMILES string of the molecule is Cc1ccccc1N(c1ccc2c(c1)N(c1ccc(C(C)(C)C)c3sc4ccccc4c13)c1cc(C(C)(C)C)cc3c1B2c1cc2c(cc1N3c1ccc3c(c1)C(C)(C)CCC3(C)C)C(C)(C)CCC2(C)C)c1ccccc1C. The first-order chi connectivity index (χ1) is 37.2. The lowest BCUT2D eigenvalue weighted by molar-refractivity contribution is 0.332. The highest BCUT2D eigenvalue weighted by Crippen LogP contribution is 2.55. The molecule has 3 heterocycles. The monoisotopic (exact) mass is 1050 g/mol. The van der Waals surface area contributed by atoms with Crippen molar-refractivity contribution in [3.63, 3.8) is 0 Å². The summed E-state index contributed by atoms with van der Waals surface area (Å²) in [5, 5.41) is 2.65. The Hall–Kier alpha value is -6.56. The number of aryl methyl sites for hydroxylation is 2. The zero-order valence-electron chi connectivity index (χ0n) is 50.0. The molecule has 0 N–H and O–H groups in total. The van der Waals surface area contributed by atoms with E-state index in [0.29, 0.717) is 0 Å². The van der Waals surface area contributed by atoms with Crippen LogP contribution in [0.2, 0.25) is 0 Å². The predicted octanol–water partition coefficient (Wildman–Crippen LogP) is 19.5. The molecule has 0 spiro atoms. The Morgan fingerprint density at radius 1 is 0.468 bits per heavy atom. The van der Waals surface area contributed by atoms with Crippen molar-refractivity contribution in [2.45, 2.75) is 169 Å². The van der Waals surface area contributed by atoms with Crippen molar-refractivity contribution in [2.24, 2.45) is 0 Å². The summed E-state index contributed by atoms with van der Waals surface area (Å²) in [5.74, 6) is 0. The quantitative estimate of drug-likeness (QED) is 0.159. The Balaban J connectivity index is 1.20. The number of nitrogens with zero attached hydrogens (tertiary/aromatic N) is 3. The van der Waals surface area contributed by atoms with E-state index in [1.165, 1.54) is 139 Å². The fourth-order valence-corrected chi connectivity index (χ4v) is 15.9. The van der Waals surface area contributed by atoms with Gasteiger partial charge in [0.1, 0.15) is 0 Å². The maximum absolute atomic E-state index is 2.74. The highest BCUT2D eigenvalue weighted by Gasteiger charge is 2.48. The number of hydrogen-bond donors (Lipinski definition) is 0. The summed E-state index contributed by atoms with van der Waals surface area (Å²) in [6.45, 7) is 38.7. The van der Waals surface area contributed by atoms with Crippen LogP contribution in [0.1, 0.15) is 167 Å². The van der Waals surface area contributed by atoms with Crippen molar-refractivity contribution >= 4 is 106 Å². The van der Waals surface area contributed by atoms with Gasteiger partial charge in [0.15, 0.2) is 0 Å². The summed E-state index contributed by atoms with van der Waals surface area (Å²) in [7, 11) is 0. The molecule has 0 saturated heterocycles. The van der Waals surface area contributed by atoms with Gasteiger partial charge in [-0.1, -0.05) is 176 Å². The number of hydrogen-bond acceptors (Lipinski definition) is 4. The van der Waals surface area contributed by atoms with E-state index in [0.717, 1.165) is 18.5 Å². The molecule has 8 aromatic carbocycles. The van der Waals surface area contributed by atoms with Crippen LogP contribution in [0.4, 0.5) is 51.2 Å². The van der Waals surface area contributed by atoms with Crippen LogP contribution in [0.25, 0.3) is 20.2 Å². The van der Waals surface area contributed by atoms with E-state index in [9.17, 15) is 0 Å². The minimum Gasteiger partial charge on any atom is -0.311 e. The first kappa shape index (κ1) is 51.9. The summed E-state index contributed by atoms with van der Waals surface area (Å²) < 4.78 is 2.69. The first-order valence-corrected chi connectivity index (χ1v) is 30.2. The summed E-state index contributed by atoms with van der Waals surface area (Å²) in [4.78, 5) is 7.99. The van der Waals surface area contributed by atoms with Crippen LogP contribution in [0, 0.1) is 13.8 Å². The standard InChI is InChI=1S/C74H80BN3S/c1-45-23-17-20-26-58(45)76(59-27-21-18-24-46(59)2)49-30-33-56-61(42-49)78(60-34-32-52(70(6,7)8)68-66(60)50-25-19-22-28-65(50)79-68)64-40-47(69(3,4)5)39-63-67(64)75(56)57-43-54-55(74(15,16)38-37-73(54,13)14)44-62(57)77(63)48-29-31-51-53(41-48)72(11,12)36-35-71(51,9)10/h17-34,39-44H,35-38H2,1-16H3. The number of rotatable bonds is 5. The Morgan fingerprint density at radius 2 is 1.01 bits per heavy atom. The van der Waals surface area contributed by atoms with Gasteiger partial charge in [-0.3, -0.25) is 0 Å². The molecule has 5 heteroatoms. The number of fused-ring (bicyclic) bond motifs is 9. The molecule has 0 radical (unpaired) electrons. The molecule has 0 atom stereocenters. The van der Waals surface area contributed by atoms with Crippen molar-refractivity contribution in [1.82, 2.24) is 0 Å². The highest BCUT2D eigenvalue weighted by molar-refractivity contribution is 7.26. The van der Waals surface area contributed by atoms with Crippen molar-refractivity contribution < 1.29 is 0 Å². The Bertz CT molecular complexity index is 3950. The van der Waals surface area contributed by atoms with Gasteiger partial charge in [0, 0.05) is 65.7 Å². The molecule has 0 unspecified atom stereocenters. The van der Waals surface area contributed by atoms with E-state index in [1.807, 2.05) is 11.3 Å². The molecule has 0 fully saturated rings. The Morgan fingerprint density at radius 3 is 1.62 bits per heavy atom. The van der Waals surface area contributed by atoms with Gasteiger partial charge >= 0.3 is 0 Å². The van der Waals surface area contributed by atoms with Crippen molar-refractivity contribution in [3.05, 3.63) is 190 Å². The van der Waals surface area contributed by atoms with Crippen LogP contribution in [-0.2, 0) is 32.5 Å². The average Bonchev–Trinajstić information content (AvgIpc) is 3.98. The van der Waals surface area contributed by atoms with Crippen molar-refractivity contribution in [1.29, 1.82) is 0 Å². The van der Waals surface area contributed by atoms with Crippen LogP contribution >= 0.6 is 11.3 Å². The largest absolute Gasteiger partial charge is 0.311 e. The normalized spacial score (nSPS) is 17.5. The molecule has 2 aliphatic carbocycles. The lowest BCUT2D eigenvalue weighted by Crippen LogP contribution is -2.62. The van der Waals surface area contributed by atoms with Crippen LogP contribution < -0.4 is 31.1 Å². The second-order valence-electron chi connectivity index (χ2n) is 28.8. The topological polar surface area (TPSA) is 9.72 Å². The van der Waals surface area contributed by atoms with Crippen LogP contribution in [0.5, 0.6) is 0 Å². The van der Waals surface area contributed by atoms with Crippen LogP contribution in [-0.4, -0.2) is 6.71 Å². The van der Waals surface area contributed by atoms with Gasteiger partial charge in [-0.25, -0.2) is 0 Å². The molecule has 3 nitrogen and oxygen atoms in total. The maximum Gasteiger partial charge on any atom is 0.252 e. The van der Waals surface area contributed by atoms with Crippen molar-refractivity contribution in [3.8, 4) is 0 Å². The lowest BCUT2D eigenvalue weighted by atomic mass is 9.33. The Kier molecular flexibility index (Phi) is 11.5. The molecular formula is C74H80BN3S. The molecule has 1 aromatic heterocycles. The molecule has 0 amide bonds. The number of anilines is 9. The fourth-order valence-electron chi connectivity index (χ4n) is 14.5. The van der Waals surface area contributed by atoms with E-state index >= 15 is 0 Å². The van der Waals surface area contributed by atoms with Gasteiger partial charge in [-0.05, 0) is 200 Å². The molecule has 0 saturated carbocycles. The zero-order chi connectivity index (χ0) is 55.7. The second-order valence-corrected chi connectivity index (χ2v) is 29.9. The molecule has 13 rings (SSSR count). The lowest BCUT2D eigenvalue weighted by Gasteiger charge is -2.48. The average molecular weight is 1050 g/mol. The molecule has 400 valence electrons. The highest BCUT2D eigenvalue weighted by atomic mass is 32.1. The van der Waals surface area contributed by atoms with Gasteiger partial charge in [-0.15, -0.1) is 11.3 Å². The third-order valence-corrected chi connectivity index (χ3v) is 20.7. The summed E-state index contributed by atoms with van der Waals surface area (Å²) in [6.07, 6.45) is 4.67. The maximum atomic E-state index is 2.74. The molecule has 79 heavy (non-hydrogen) atoms. The van der Waals surface area contributed by atoms with Gasteiger partial charge in [0.25, 0.3) is 6.71 Å². The van der Waals surface area contributed by atoms with Crippen LogP contribution in [0.15, 0.2) is 146 Å². The summed E-state index contributed by atoms with van der Waals surface area (Å²) in [5.41, 5.74) is 26.3. The number of benzene rings is 8. The summed E-state index contributed by atoms with van der Waals surface area (Å²) in [6, 6.07) is 57.6. The molecule has 9 aromatic rings. The van der Waals surface area contributed by atoms with Gasteiger partial charge < -0.3 is 14.7 Å². The van der Waals surface area contributed by atoms with Gasteiger partial charge in [0.2, 0.25) is 0 Å². The van der Waals surface area contributed by atoms with E-state index in [1.54, 1.807) is 0 Å². The molecule has 2 aliphatic heterocycles. The smallest absolute Gasteiger partial charge is 0.252 e. The van der Waals surface area contributed by atoms with Gasteiger partial charge in [-0.2, -0.15) is 0 Å². The van der Waals surface area contributed by atoms with Crippen LogP contribution in [0.3, 0.4) is 0 Å². The van der Waals surface area contributed by atoms with Crippen molar-refractivity contribution in [2.75, 3.05) is 14.7 Å². The van der Waals surface area contributed by atoms with E-state index in [2.05, 4.69) is 271 Å². The molecule has 0 bridgehead atoms. The second kappa shape index (κ2) is 17.5. The number of thiophene rings is 1. The van der Waals surface area contributed by atoms with Gasteiger partial charge in [0.05, 0.1) is 5.69 Å². The third-order valence-electron chi connectivity index (χ3n) is 19.5. The number of para-hydroxylation sites is 2. The first-order valence-electron chi connectivity index (χ1n) is 29.4. The predicted molar refractivity (Wildman–Crippen MR) is 345 cm³/mol. The fraction of sp³-hybridized carbons (Fsp3) is 0.351. The summed E-state index contributed by atoms with van der Waals surface area (Å²) >= 11 is 1.96. The van der Waals surface area contributed by atoms with E-state index in [-0.39, 0.29) is 39.2 Å². The zero-order valence-corrected chi connectivity index (χ0v) is 50.8. The minimum absolute atomic E-state index is 0.0146. The minimum atomic E-state index is -0.169. The Labute approximate surface area is 476 Å². The molecular weight excluding hydrogens is 974 g/mol. The van der Waals surface area contributed by atoms with E-state index < -0.39 is 0 Å². The third kappa shape index (κ3) is 8.01. The molecule has 4 aliphatic rings. The van der Waals surface area contributed by atoms with E-state index in [4.69, 9.17) is 0 Å².